The summed E-state index contributed by atoms with van der Waals surface area (Å²) in [5.41, 5.74) is 0.261. The minimum absolute atomic E-state index is 0.203. The predicted octanol–water partition coefficient (Wildman–Crippen LogP) is 3.18. The van der Waals surface area contributed by atoms with E-state index in [0.29, 0.717) is 11.7 Å². The second-order valence-electron chi connectivity index (χ2n) is 3.99. The maximum Gasteiger partial charge on any atom is 0.253 e. The van der Waals surface area contributed by atoms with Gasteiger partial charge in [0.2, 0.25) is 5.89 Å². The summed E-state index contributed by atoms with van der Waals surface area (Å²) in [6, 6.07) is 1.04. The summed E-state index contributed by atoms with van der Waals surface area (Å²) in [6.07, 6.45) is 2.92. The van der Waals surface area contributed by atoms with Crippen molar-refractivity contribution in [3.63, 3.8) is 0 Å². The molecule has 0 spiro atoms. The van der Waals surface area contributed by atoms with Crippen molar-refractivity contribution < 1.29 is 9.21 Å². The molecule has 0 aliphatic carbocycles. The Balaban J connectivity index is 2.15. The molecule has 0 saturated heterocycles. The minimum atomic E-state index is -0.371. The zero-order valence-electron chi connectivity index (χ0n) is 10.3. The number of rotatable bonds is 3. The number of halogens is 2. The van der Waals surface area contributed by atoms with E-state index in [9.17, 15) is 4.79 Å². The Kier molecular flexibility index (Phi) is 4.07. The Morgan fingerprint density at radius 3 is 2.74 bits per heavy atom. The van der Waals surface area contributed by atoms with Crippen LogP contribution in [0, 0.1) is 6.92 Å². The molecule has 0 aliphatic heterocycles. The third-order valence-corrected chi connectivity index (χ3v) is 2.93. The van der Waals surface area contributed by atoms with Gasteiger partial charge in [-0.15, -0.1) is 0 Å². The third-order valence-electron chi connectivity index (χ3n) is 2.42. The summed E-state index contributed by atoms with van der Waals surface area (Å²) >= 11 is 11.6. The molecule has 2 rings (SSSR count). The highest BCUT2D eigenvalue weighted by Crippen LogP contribution is 2.19. The zero-order valence-corrected chi connectivity index (χ0v) is 11.8. The van der Waals surface area contributed by atoms with Gasteiger partial charge in [0.05, 0.1) is 16.8 Å². The molecule has 0 radical (unpaired) electrons. The quantitative estimate of drug-likeness (QED) is 0.884. The number of carbonyl (C=O) groups excluding carboxylic acids is 1. The number of carbonyl (C=O) groups is 1. The highest BCUT2D eigenvalue weighted by atomic mass is 35.5. The van der Waals surface area contributed by atoms with Crippen molar-refractivity contribution in [2.24, 2.45) is 0 Å². The number of oxazole rings is 1. The topological polar surface area (TPSA) is 68.0 Å². The van der Waals surface area contributed by atoms with E-state index in [0.717, 1.165) is 0 Å². The first-order chi connectivity index (χ1) is 8.97. The fraction of sp³-hybridized carbons (Fsp3) is 0.250. The molecule has 1 unspecified atom stereocenters. The molecule has 1 N–H and O–H groups in total. The van der Waals surface area contributed by atoms with Crippen LogP contribution < -0.4 is 5.32 Å². The third kappa shape index (κ3) is 3.24. The molecule has 0 aromatic carbocycles. The Bertz CT molecular complexity index is 613. The summed E-state index contributed by atoms with van der Waals surface area (Å²) in [4.78, 5) is 19.9. The van der Waals surface area contributed by atoms with Gasteiger partial charge in [0.1, 0.15) is 17.0 Å². The van der Waals surface area contributed by atoms with Gasteiger partial charge in [-0.2, -0.15) is 0 Å². The Morgan fingerprint density at radius 2 is 2.11 bits per heavy atom. The first-order valence-electron chi connectivity index (χ1n) is 5.51. The first-order valence-corrected chi connectivity index (χ1v) is 6.27. The molecule has 2 aromatic heterocycles. The number of hydrogen-bond donors (Lipinski definition) is 1. The van der Waals surface area contributed by atoms with E-state index in [1.807, 2.05) is 0 Å². The minimum Gasteiger partial charge on any atom is -0.444 e. The van der Waals surface area contributed by atoms with Gasteiger partial charge in [-0.25, -0.2) is 9.97 Å². The van der Waals surface area contributed by atoms with E-state index in [1.165, 1.54) is 12.3 Å². The highest BCUT2D eigenvalue weighted by Gasteiger charge is 2.18. The van der Waals surface area contributed by atoms with Crippen LogP contribution in [0.15, 0.2) is 22.9 Å². The van der Waals surface area contributed by atoms with Gasteiger partial charge in [0.25, 0.3) is 5.91 Å². The predicted molar refractivity (Wildman–Crippen MR) is 71.4 cm³/mol. The Labute approximate surface area is 119 Å². The lowest BCUT2D eigenvalue weighted by Crippen LogP contribution is -2.27. The largest absolute Gasteiger partial charge is 0.444 e. The molecule has 2 aromatic rings. The average molecular weight is 300 g/mol. The summed E-state index contributed by atoms with van der Waals surface area (Å²) in [6.45, 7) is 3.55. The van der Waals surface area contributed by atoms with Crippen LogP contribution in [-0.2, 0) is 0 Å². The maximum absolute atomic E-state index is 12.1. The van der Waals surface area contributed by atoms with Gasteiger partial charge in [0.15, 0.2) is 0 Å². The van der Waals surface area contributed by atoms with E-state index >= 15 is 0 Å². The lowest BCUT2D eigenvalue weighted by molar-refractivity contribution is 0.0934. The molecule has 0 saturated carbocycles. The molecule has 2 heterocycles. The van der Waals surface area contributed by atoms with E-state index in [2.05, 4.69) is 15.3 Å². The van der Waals surface area contributed by atoms with Gasteiger partial charge in [-0.05, 0) is 19.9 Å². The van der Waals surface area contributed by atoms with Crippen LogP contribution in [0.25, 0.3) is 0 Å². The van der Waals surface area contributed by atoms with Crippen LogP contribution in [0.4, 0.5) is 0 Å². The molecule has 0 aliphatic rings. The number of amides is 1. The zero-order chi connectivity index (χ0) is 14.0. The van der Waals surface area contributed by atoms with Crippen molar-refractivity contribution in [2.75, 3.05) is 0 Å². The number of aryl methyl sites for hydroxylation is 1. The van der Waals surface area contributed by atoms with Gasteiger partial charge < -0.3 is 9.73 Å². The van der Waals surface area contributed by atoms with Crippen molar-refractivity contribution in [1.82, 2.24) is 15.3 Å². The summed E-state index contributed by atoms with van der Waals surface area (Å²) in [7, 11) is 0. The van der Waals surface area contributed by atoms with E-state index in [-0.39, 0.29) is 27.7 Å². The molecular weight excluding hydrogens is 289 g/mol. The lowest BCUT2D eigenvalue weighted by atomic mass is 10.2. The number of nitrogens with zero attached hydrogens (tertiary/aromatic N) is 2. The van der Waals surface area contributed by atoms with Gasteiger partial charge in [-0.1, -0.05) is 23.2 Å². The van der Waals surface area contributed by atoms with E-state index in [4.69, 9.17) is 27.6 Å². The summed E-state index contributed by atoms with van der Waals surface area (Å²) in [5.74, 6) is 0.751. The molecule has 100 valence electrons. The molecule has 1 amide bonds. The van der Waals surface area contributed by atoms with Crippen LogP contribution in [0.1, 0.15) is 35.0 Å². The smallest absolute Gasteiger partial charge is 0.253 e. The fourth-order valence-electron chi connectivity index (χ4n) is 1.50. The average Bonchev–Trinajstić information content (AvgIpc) is 2.79. The van der Waals surface area contributed by atoms with E-state index in [1.54, 1.807) is 20.0 Å². The Hall–Kier alpha value is -1.59. The van der Waals surface area contributed by atoms with Crippen LogP contribution in [-0.4, -0.2) is 15.9 Å². The van der Waals surface area contributed by atoms with Crippen molar-refractivity contribution in [3.8, 4) is 0 Å². The standard InChI is InChI=1S/C12H11Cl2N3O2/c1-6-4-16-12(19-6)7(2)17-11(18)8-3-10(14)15-5-9(8)13/h3-5,7H,1-2H3,(H,17,18). The summed E-state index contributed by atoms with van der Waals surface area (Å²) in [5, 5.41) is 3.16. The SMILES string of the molecule is Cc1cnc(C(C)NC(=O)c2cc(Cl)ncc2Cl)o1. The number of pyridine rings is 1. The maximum atomic E-state index is 12.1. The van der Waals surface area contributed by atoms with Gasteiger partial charge in [0, 0.05) is 6.20 Å². The van der Waals surface area contributed by atoms with Crippen molar-refractivity contribution >= 4 is 29.1 Å². The highest BCUT2D eigenvalue weighted by molar-refractivity contribution is 6.35. The summed E-state index contributed by atoms with van der Waals surface area (Å²) < 4.78 is 5.34. The molecule has 7 heteroatoms. The normalized spacial score (nSPS) is 12.2. The van der Waals surface area contributed by atoms with Crippen molar-refractivity contribution in [3.05, 3.63) is 45.9 Å². The van der Waals surface area contributed by atoms with Crippen LogP contribution in [0.3, 0.4) is 0 Å². The molecule has 0 bridgehead atoms. The van der Waals surface area contributed by atoms with Crippen LogP contribution >= 0.6 is 23.2 Å². The van der Waals surface area contributed by atoms with Crippen molar-refractivity contribution in [1.29, 1.82) is 0 Å². The monoisotopic (exact) mass is 299 g/mol. The number of hydrogen-bond acceptors (Lipinski definition) is 4. The second-order valence-corrected chi connectivity index (χ2v) is 4.79. The molecule has 1 atom stereocenters. The van der Waals surface area contributed by atoms with Gasteiger partial charge in [-0.3, -0.25) is 4.79 Å². The fourth-order valence-corrected chi connectivity index (χ4v) is 1.84. The molecule has 0 fully saturated rings. The molecule has 19 heavy (non-hydrogen) atoms. The second kappa shape index (κ2) is 5.59. The van der Waals surface area contributed by atoms with Crippen molar-refractivity contribution in [2.45, 2.75) is 19.9 Å². The molecular formula is C12H11Cl2N3O2. The van der Waals surface area contributed by atoms with Crippen LogP contribution in [0.2, 0.25) is 10.2 Å². The van der Waals surface area contributed by atoms with Crippen LogP contribution in [0.5, 0.6) is 0 Å². The first kappa shape index (κ1) is 13.8. The van der Waals surface area contributed by atoms with E-state index < -0.39 is 0 Å². The molecule has 5 nitrogen and oxygen atoms in total. The number of nitrogens with one attached hydrogen (secondary N) is 1. The Morgan fingerprint density at radius 1 is 1.37 bits per heavy atom. The lowest BCUT2D eigenvalue weighted by Gasteiger charge is -2.11. The van der Waals surface area contributed by atoms with Gasteiger partial charge >= 0.3 is 0 Å². The number of aromatic nitrogens is 2.